The zero-order valence-corrected chi connectivity index (χ0v) is 11.0. The maximum Gasteiger partial charge on any atom is 0.342 e. The summed E-state index contributed by atoms with van der Waals surface area (Å²) in [5.74, 6) is -2.51. The number of aryl methyl sites for hydroxylation is 1. The second kappa shape index (κ2) is 6.36. The highest BCUT2D eigenvalue weighted by molar-refractivity contribution is 5.96. The third kappa shape index (κ3) is 3.69. The van der Waals surface area contributed by atoms with E-state index >= 15 is 0 Å². The molecule has 7 heteroatoms. The molecule has 0 unspecified atom stereocenters. The molecule has 0 aliphatic rings. The number of Topliss-reactive ketones (excluding diaryl/α,β-unsaturated/α-hetero) is 1. The first-order valence-electron chi connectivity index (χ1n) is 5.82. The summed E-state index contributed by atoms with van der Waals surface area (Å²) in [5.41, 5.74) is 0.0955. The average Bonchev–Trinajstić information content (AvgIpc) is 2.33. The van der Waals surface area contributed by atoms with Crippen molar-refractivity contribution < 1.29 is 34.8 Å². The predicted octanol–water partition coefficient (Wildman–Crippen LogP) is -0.126. The van der Waals surface area contributed by atoms with Crippen LogP contribution >= 0.6 is 0 Å². The summed E-state index contributed by atoms with van der Waals surface area (Å²) in [5, 5.41) is 37.1. The first kappa shape index (κ1) is 15.9. The van der Waals surface area contributed by atoms with Gasteiger partial charge in [0.25, 0.3) is 0 Å². The smallest absolute Gasteiger partial charge is 0.342 e. The fourth-order valence-electron chi connectivity index (χ4n) is 1.58. The fourth-order valence-corrected chi connectivity index (χ4v) is 1.58. The quantitative estimate of drug-likeness (QED) is 0.555. The normalized spacial score (nSPS) is 13.6. The lowest BCUT2D eigenvalue weighted by atomic mass is 10.1. The van der Waals surface area contributed by atoms with Crippen LogP contribution < -0.4 is 0 Å². The van der Waals surface area contributed by atoms with Gasteiger partial charge in [0.05, 0.1) is 6.10 Å². The zero-order chi connectivity index (χ0) is 15.4. The largest absolute Gasteiger partial charge is 0.508 e. The van der Waals surface area contributed by atoms with Crippen LogP contribution in [0.15, 0.2) is 12.1 Å². The second-order valence-electron chi connectivity index (χ2n) is 4.38. The van der Waals surface area contributed by atoms with Crippen LogP contribution in [-0.4, -0.2) is 51.0 Å². The maximum atomic E-state index is 11.7. The third-order valence-corrected chi connectivity index (χ3v) is 2.64. The Morgan fingerprint density at radius 3 is 2.35 bits per heavy atom. The summed E-state index contributed by atoms with van der Waals surface area (Å²) >= 11 is 0. The first-order valence-corrected chi connectivity index (χ1v) is 5.82. The maximum absolute atomic E-state index is 11.7. The van der Waals surface area contributed by atoms with Crippen LogP contribution in [0.25, 0.3) is 0 Å². The van der Waals surface area contributed by atoms with Crippen molar-refractivity contribution in [1.82, 2.24) is 0 Å². The molecule has 1 rings (SSSR count). The minimum atomic E-state index is -1.64. The Morgan fingerprint density at radius 2 is 1.85 bits per heavy atom. The molecule has 0 aromatic heterocycles. The number of esters is 1. The van der Waals surface area contributed by atoms with Gasteiger partial charge in [-0.15, -0.1) is 0 Å². The Balaban J connectivity index is 2.76. The van der Waals surface area contributed by atoms with E-state index in [1.807, 2.05) is 0 Å². The molecule has 2 atom stereocenters. The molecule has 0 aliphatic heterocycles. The number of ketones is 1. The number of phenolic OH excluding ortho intramolecular Hbond substituents is 2. The SMILES string of the molecule is Cc1cc(O)cc(O)c1C(=O)OCC(=O)[C@@H](O)[C@H](C)O. The first-order chi connectivity index (χ1) is 9.23. The highest BCUT2D eigenvalue weighted by Crippen LogP contribution is 2.27. The second-order valence-corrected chi connectivity index (χ2v) is 4.38. The fraction of sp³-hybridized carbons (Fsp3) is 0.385. The van der Waals surface area contributed by atoms with Gasteiger partial charge < -0.3 is 25.2 Å². The number of aliphatic hydroxyl groups is 2. The molecule has 0 saturated heterocycles. The van der Waals surface area contributed by atoms with Gasteiger partial charge in [-0.25, -0.2) is 4.79 Å². The van der Waals surface area contributed by atoms with Crippen molar-refractivity contribution in [3.05, 3.63) is 23.3 Å². The number of carbonyl (C=O) groups excluding carboxylic acids is 2. The van der Waals surface area contributed by atoms with Crippen LogP contribution in [0.3, 0.4) is 0 Å². The van der Waals surface area contributed by atoms with Gasteiger partial charge in [0.1, 0.15) is 23.2 Å². The molecule has 0 bridgehead atoms. The van der Waals surface area contributed by atoms with Crippen molar-refractivity contribution in [2.45, 2.75) is 26.1 Å². The third-order valence-electron chi connectivity index (χ3n) is 2.64. The van der Waals surface area contributed by atoms with E-state index in [1.54, 1.807) is 0 Å². The van der Waals surface area contributed by atoms with Crippen LogP contribution in [0.1, 0.15) is 22.8 Å². The molecular formula is C13H16O7. The van der Waals surface area contributed by atoms with Crippen molar-refractivity contribution in [3.63, 3.8) is 0 Å². The van der Waals surface area contributed by atoms with Crippen LogP contribution in [0.2, 0.25) is 0 Å². The van der Waals surface area contributed by atoms with Gasteiger partial charge in [-0.2, -0.15) is 0 Å². The lowest BCUT2D eigenvalue weighted by molar-refractivity contribution is -0.135. The number of carbonyl (C=O) groups is 2. The molecule has 0 amide bonds. The minimum absolute atomic E-state index is 0.179. The van der Waals surface area contributed by atoms with E-state index < -0.39 is 36.3 Å². The van der Waals surface area contributed by atoms with Gasteiger partial charge in [-0.05, 0) is 25.5 Å². The van der Waals surface area contributed by atoms with Crippen molar-refractivity contribution in [1.29, 1.82) is 0 Å². The van der Waals surface area contributed by atoms with Crippen LogP contribution in [0.5, 0.6) is 11.5 Å². The zero-order valence-electron chi connectivity index (χ0n) is 11.0. The Hall–Kier alpha value is -2.12. The van der Waals surface area contributed by atoms with Crippen LogP contribution in [0.4, 0.5) is 0 Å². The number of benzene rings is 1. The number of aliphatic hydroxyl groups excluding tert-OH is 2. The Labute approximate surface area is 115 Å². The van der Waals surface area contributed by atoms with E-state index in [1.165, 1.54) is 19.9 Å². The van der Waals surface area contributed by atoms with Gasteiger partial charge in [0.2, 0.25) is 5.78 Å². The van der Waals surface area contributed by atoms with Gasteiger partial charge in [-0.1, -0.05) is 0 Å². The molecule has 0 saturated carbocycles. The van der Waals surface area contributed by atoms with E-state index in [0.717, 1.165) is 6.07 Å². The molecule has 4 N–H and O–H groups in total. The van der Waals surface area contributed by atoms with E-state index in [2.05, 4.69) is 4.74 Å². The number of hydrogen-bond donors (Lipinski definition) is 4. The van der Waals surface area contributed by atoms with Gasteiger partial charge >= 0.3 is 5.97 Å². The molecular weight excluding hydrogens is 268 g/mol. The predicted molar refractivity (Wildman–Crippen MR) is 67.5 cm³/mol. The lowest BCUT2D eigenvalue weighted by Crippen LogP contribution is -2.35. The molecule has 0 heterocycles. The standard InChI is InChI=1S/C13H16O7/c1-6-3-8(15)4-9(16)11(6)13(19)20-5-10(17)12(18)7(2)14/h3-4,7,12,14-16,18H,5H2,1-2H3/t7-,12-/m0/s1. The number of hydrogen-bond acceptors (Lipinski definition) is 7. The van der Waals surface area contributed by atoms with E-state index in [0.29, 0.717) is 0 Å². The summed E-state index contributed by atoms with van der Waals surface area (Å²) < 4.78 is 4.66. The van der Waals surface area contributed by atoms with Crippen molar-refractivity contribution in [2.24, 2.45) is 0 Å². The molecule has 20 heavy (non-hydrogen) atoms. The van der Waals surface area contributed by atoms with Crippen molar-refractivity contribution in [3.8, 4) is 11.5 Å². The summed E-state index contributed by atoms with van der Waals surface area (Å²) in [6.45, 7) is 1.97. The molecule has 110 valence electrons. The molecule has 1 aromatic rings. The van der Waals surface area contributed by atoms with E-state index in [4.69, 9.17) is 5.11 Å². The minimum Gasteiger partial charge on any atom is -0.508 e. The number of ether oxygens (including phenoxy) is 1. The highest BCUT2D eigenvalue weighted by atomic mass is 16.5. The van der Waals surface area contributed by atoms with Crippen LogP contribution in [0, 0.1) is 6.92 Å². The van der Waals surface area contributed by atoms with Gasteiger partial charge in [-0.3, -0.25) is 4.79 Å². The highest BCUT2D eigenvalue weighted by Gasteiger charge is 2.23. The summed E-state index contributed by atoms with van der Waals surface area (Å²) in [6.07, 6.45) is -2.91. The van der Waals surface area contributed by atoms with Crippen LogP contribution in [-0.2, 0) is 9.53 Å². The summed E-state index contributed by atoms with van der Waals surface area (Å²) in [7, 11) is 0. The number of rotatable bonds is 5. The molecule has 0 radical (unpaired) electrons. The molecule has 7 nitrogen and oxygen atoms in total. The Morgan fingerprint density at radius 1 is 1.25 bits per heavy atom. The Kier molecular flexibility index (Phi) is 5.06. The van der Waals surface area contributed by atoms with E-state index in [-0.39, 0.29) is 16.9 Å². The average molecular weight is 284 g/mol. The molecule has 1 aromatic carbocycles. The summed E-state index contributed by atoms with van der Waals surface area (Å²) in [6, 6.07) is 2.22. The lowest BCUT2D eigenvalue weighted by Gasteiger charge is -2.13. The summed E-state index contributed by atoms with van der Waals surface area (Å²) in [4.78, 5) is 23.1. The molecule has 0 fully saturated rings. The van der Waals surface area contributed by atoms with E-state index in [9.17, 15) is 24.9 Å². The molecule has 0 aliphatic carbocycles. The van der Waals surface area contributed by atoms with Crippen molar-refractivity contribution >= 4 is 11.8 Å². The van der Waals surface area contributed by atoms with Crippen molar-refractivity contribution in [2.75, 3.05) is 6.61 Å². The van der Waals surface area contributed by atoms with Gasteiger partial charge in [0, 0.05) is 6.07 Å². The number of phenols is 2. The monoisotopic (exact) mass is 284 g/mol. The Bertz CT molecular complexity index is 498. The number of aromatic hydroxyl groups is 2. The van der Waals surface area contributed by atoms with Gasteiger partial charge in [0.15, 0.2) is 6.61 Å². The molecule has 0 spiro atoms. The topological polar surface area (TPSA) is 124 Å².